The second kappa shape index (κ2) is 42.2. The van der Waals surface area contributed by atoms with E-state index in [0.29, 0.717) is 22.9 Å². The van der Waals surface area contributed by atoms with Gasteiger partial charge in [0.1, 0.15) is 0 Å². The number of hydrogen-bond donors (Lipinski definition) is 2. The maximum atomic E-state index is 7.32. The van der Waals surface area contributed by atoms with E-state index in [0.717, 1.165) is 48.1 Å². The van der Waals surface area contributed by atoms with Crippen LogP contribution in [0.4, 0.5) is 0 Å². The van der Waals surface area contributed by atoms with Crippen LogP contribution in [0.3, 0.4) is 0 Å². The van der Waals surface area contributed by atoms with Gasteiger partial charge in [-0.3, -0.25) is 0 Å². The number of fused-ring (bicyclic) bond motifs is 5. The van der Waals surface area contributed by atoms with Crippen LogP contribution in [0.25, 0.3) is 0 Å². The van der Waals surface area contributed by atoms with Crippen molar-refractivity contribution in [2.75, 3.05) is 6.54 Å². The standard InChI is InChI=1S/C31H58N2.C7H16.C5H12.2C3H8.2C2H3N.C2H6/c1-8-10-21(3)27-13-14-28-26-12-11-24-19-25(33-23(5)20-32-22(4)9-2)15-17-30(24,6)29(26)16-18-31(27,28)7;1-3-5-7-6-4-2;1-3-5-4-2;2*1-3-2;2*1-2-3;1-2/h21-29,32-33H,8-20H2,1-7H3;3-7H2,1-2H3;3-5H2,1-2H3;2*3H2,1-2H3;2*1H3;1-2H3. The molecular formula is C55H114N4. The molecule has 4 rings (SSSR count). The highest BCUT2D eigenvalue weighted by molar-refractivity contribution is 5.10. The average molecular weight is 832 g/mol. The molecule has 4 heteroatoms. The first-order chi connectivity index (χ1) is 28.2. The predicted molar refractivity (Wildman–Crippen MR) is 269 cm³/mol. The van der Waals surface area contributed by atoms with E-state index in [2.05, 4.69) is 114 Å². The van der Waals surface area contributed by atoms with E-state index in [1.54, 1.807) is 18.6 Å². The van der Waals surface area contributed by atoms with Crippen molar-refractivity contribution >= 4 is 0 Å². The minimum atomic E-state index is 0.584. The number of nitrogens with one attached hydrogen (secondary N) is 2. The van der Waals surface area contributed by atoms with Crippen molar-refractivity contribution in [3.63, 3.8) is 0 Å². The lowest BCUT2D eigenvalue weighted by Crippen LogP contribution is -2.56. The third-order valence-corrected chi connectivity index (χ3v) is 14.0. The molecule has 0 amide bonds. The third kappa shape index (κ3) is 26.2. The van der Waals surface area contributed by atoms with Gasteiger partial charge in [0.25, 0.3) is 0 Å². The molecule has 2 N–H and O–H groups in total. The van der Waals surface area contributed by atoms with Crippen LogP contribution >= 0.6 is 0 Å². The Bertz CT molecular complexity index is 932. The fourth-order valence-corrected chi connectivity index (χ4v) is 11.1. The molecule has 4 saturated carbocycles. The van der Waals surface area contributed by atoms with Gasteiger partial charge in [-0.1, -0.05) is 181 Å². The van der Waals surface area contributed by atoms with Gasteiger partial charge in [0, 0.05) is 38.5 Å². The maximum Gasteiger partial charge on any atom is 0.0587 e. The number of rotatable bonds is 15. The Morgan fingerprint density at radius 2 is 1.07 bits per heavy atom. The molecule has 4 aliphatic carbocycles. The predicted octanol–water partition coefficient (Wildman–Crippen LogP) is 17.9. The van der Waals surface area contributed by atoms with Crippen molar-refractivity contribution in [1.82, 2.24) is 10.6 Å². The summed E-state index contributed by atoms with van der Waals surface area (Å²) in [6.45, 7) is 42.8. The lowest BCUT2D eigenvalue weighted by atomic mass is 9.44. The van der Waals surface area contributed by atoms with Crippen LogP contribution in [0.5, 0.6) is 0 Å². The van der Waals surface area contributed by atoms with Crippen molar-refractivity contribution in [3.05, 3.63) is 0 Å². The molecule has 0 aromatic carbocycles. The molecular weight excluding hydrogens is 717 g/mol. The molecule has 0 bridgehead atoms. The molecule has 354 valence electrons. The highest BCUT2D eigenvalue weighted by atomic mass is 15.0. The van der Waals surface area contributed by atoms with E-state index in [-0.39, 0.29) is 0 Å². The van der Waals surface area contributed by atoms with Crippen LogP contribution < -0.4 is 10.6 Å². The number of nitriles is 2. The normalized spacial score (nSPS) is 28.3. The molecule has 0 aromatic heterocycles. The lowest BCUT2D eigenvalue weighted by molar-refractivity contribution is -0.118. The summed E-state index contributed by atoms with van der Waals surface area (Å²) in [4.78, 5) is 0. The SMILES string of the molecule is CC.CC#N.CC#N.CCC.CCC.CCCC(C)C1CCC2C3CCC4CC(NC(C)CNC(C)CC)CCC4(C)C3CCC12C.CCCCC.CCCCCCC. The Kier molecular flexibility index (Phi) is 46.2. The van der Waals surface area contributed by atoms with E-state index in [1.165, 1.54) is 149 Å². The van der Waals surface area contributed by atoms with Crippen LogP contribution in [-0.4, -0.2) is 24.7 Å². The van der Waals surface area contributed by atoms with E-state index in [9.17, 15) is 0 Å². The molecule has 4 fully saturated rings. The van der Waals surface area contributed by atoms with Gasteiger partial charge >= 0.3 is 0 Å². The van der Waals surface area contributed by atoms with Gasteiger partial charge in [0.15, 0.2) is 0 Å². The van der Waals surface area contributed by atoms with Crippen molar-refractivity contribution in [2.45, 2.75) is 291 Å². The van der Waals surface area contributed by atoms with Gasteiger partial charge in [-0.05, 0) is 124 Å². The zero-order chi connectivity index (χ0) is 46.3. The minimum Gasteiger partial charge on any atom is -0.313 e. The van der Waals surface area contributed by atoms with Crippen molar-refractivity contribution < 1.29 is 0 Å². The van der Waals surface area contributed by atoms with Crippen LogP contribution in [0.15, 0.2) is 0 Å². The Hall–Kier alpha value is -1.10. The maximum absolute atomic E-state index is 7.32. The van der Waals surface area contributed by atoms with Gasteiger partial charge < -0.3 is 10.6 Å². The van der Waals surface area contributed by atoms with E-state index in [4.69, 9.17) is 10.5 Å². The molecule has 0 aliphatic heterocycles. The summed E-state index contributed by atoms with van der Waals surface area (Å²) in [7, 11) is 0. The van der Waals surface area contributed by atoms with Crippen LogP contribution in [0, 0.1) is 69.0 Å². The summed E-state index contributed by atoms with van der Waals surface area (Å²) in [6.07, 6.45) is 31.1. The quantitative estimate of drug-likeness (QED) is 0.161. The molecule has 11 atom stereocenters. The Morgan fingerprint density at radius 1 is 0.593 bits per heavy atom. The second-order valence-corrected chi connectivity index (χ2v) is 19.2. The number of hydrogen-bond acceptors (Lipinski definition) is 4. The Morgan fingerprint density at radius 3 is 1.51 bits per heavy atom. The number of nitrogens with zero attached hydrogens (tertiary/aromatic N) is 2. The van der Waals surface area contributed by atoms with Crippen molar-refractivity contribution in [2.24, 2.45) is 46.3 Å². The first-order valence-electron chi connectivity index (χ1n) is 26.3. The van der Waals surface area contributed by atoms with Crippen molar-refractivity contribution in [3.8, 4) is 12.1 Å². The van der Waals surface area contributed by atoms with E-state index in [1.807, 2.05) is 13.8 Å². The third-order valence-electron chi connectivity index (χ3n) is 14.0. The topological polar surface area (TPSA) is 71.6 Å². The van der Waals surface area contributed by atoms with Gasteiger partial charge in [-0.15, -0.1) is 0 Å². The Labute approximate surface area is 375 Å². The van der Waals surface area contributed by atoms with Crippen LogP contribution in [0.1, 0.15) is 273 Å². The molecule has 0 saturated heterocycles. The molecule has 4 nitrogen and oxygen atoms in total. The molecule has 0 aromatic rings. The Balaban J connectivity index is -0.000000477. The monoisotopic (exact) mass is 831 g/mol. The smallest absolute Gasteiger partial charge is 0.0587 e. The summed E-state index contributed by atoms with van der Waals surface area (Å²) >= 11 is 0. The number of unbranched alkanes of at least 4 members (excludes halogenated alkanes) is 6. The zero-order valence-electron chi connectivity index (χ0n) is 44.4. The second-order valence-electron chi connectivity index (χ2n) is 19.2. The van der Waals surface area contributed by atoms with Gasteiger partial charge in [0.05, 0.1) is 12.1 Å². The summed E-state index contributed by atoms with van der Waals surface area (Å²) in [5.41, 5.74) is 1.27. The average Bonchev–Trinajstić information content (AvgIpc) is 3.58. The summed E-state index contributed by atoms with van der Waals surface area (Å²) in [5.74, 6) is 5.97. The first-order valence-corrected chi connectivity index (χ1v) is 26.3. The fourth-order valence-electron chi connectivity index (χ4n) is 11.1. The van der Waals surface area contributed by atoms with Crippen LogP contribution in [-0.2, 0) is 0 Å². The highest BCUT2D eigenvalue weighted by Crippen LogP contribution is 2.68. The van der Waals surface area contributed by atoms with E-state index < -0.39 is 0 Å². The summed E-state index contributed by atoms with van der Waals surface area (Å²) < 4.78 is 0. The molecule has 11 unspecified atom stereocenters. The molecule has 4 aliphatic rings. The lowest BCUT2D eigenvalue weighted by Gasteiger charge is -2.61. The van der Waals surface area contributed by atoms with Crippen LogP contribution in [0.2, 0.25) is 0 Å². The fraction of sp³-hybridized carbons (Fsp3) is 0.964. The summed E-state index contributed by atoms with van der Waals surface area (Å²) in [6, 6.07) is 5.46. The molecule has 0 spiro atoms. The van der Waals surface area contributed by atoms with E-state index >= 15 is 0 Å². The van der Waals surface area contributed by atoms with Gasteiger partial charge in [-0.25, -0.2) is 0 Å². The molecule has 59 heavy (non-hydrogen) atoms. The zero-order valence-corrected chi connectivity index (χ0v) is 44.4. The summed E-state index contributed by atoms with van der Waals surface area (Å²) in [5, 5.41) is 22.4. The first kappa shape index (κ1) is 64.5. The van der Waals surface area contributed by atoms with Gasteiger partial charge in [-0.2, -0.15) is 10.5 Å². The van der Waals surface area contributed by atoms with Crippen molar-refractivity contribution in [1.29, 1.82) is 10.5 Å². The largest absolute Gasteiger partial charge is 0.313 e. The highest BCUT2D eigenvalue weighted by Gasteiger charge is 2.60. The minimum absolute atomic E-state index is 0.584. The molecule has 0 heterocycles. The van der Waals surface area contributed by atoms with Gasteiger partial charge in [0.2, 0.25) is 0 Å². The molecule has 0 radical (unpaired) electrons.